The number of hydrogen-bond donors (Lipinski definition) is 1. The largest absolute Gasteiger partial charge is 0.264 e. The highest BCUT2D eigenvalue weighted by Crippen LogP contribution is 2.36. The molecule has 1 heterocycles. The van der Waals surface area contributed by atoms with Gasteiger partial charge in [-0.1, -0.05) is 0 Å². The summed E-state index contributed by atoms with van der Waals surface area (Å²) in [4.78, 5) is 0.589. The number of alkyl halides is 2. The Bertz CT molecular complexity index is 479. The first-order valence-corrected chi connectivity index (χ1v) is 6.18. The molecule has 0 saturated heterocycles. The number of fused-ring (bicyclic) bond motifs is 1. The second-order valence-electron chi connectivity index (χ2n) is 2.79. The Morgan fingerprint density at radius 1 is 1.36 bits per heavy atom. The lowest BCUT2D eigenvalue weighted by molar-refractivity contribution is 0.153. The number of halogens is 3. The Morgan fingerprint density at radius 2 is 2.07 bits per heavy atom. The molecule has 0 amide bonds. The van der Waals surface area contributed by atoms with Gasteiger partial charge >= 0.3 is 0 Å². The lowest BCUT2D eigenvalue weighted by Gasteiger charge is -2.03. The van der Waals surface area contributed by atoms with Gasteiger partial charge in [-0.3, -0.25) is 0 Å². The summed E-state index contributed by atoms with van der Waals surface area (Å²) in [5.41, 5.74) is 0.0816. The van der Waals surface area contributed by atoms with Crippen molar-refractivity contribution in [3.63, 3.8) is 0 Å². The molecule has 0 N–H and O–H groups in total. The van der Waals surface area contributed by atoms with Crippen LogP contribution in [0.15, 0.2) is 22.4 Å². The van der Waals surface area contributed by atoms with Crippen LogP contribution in [0, 0.1) is 3.57 Å². The van der Waals surface area contributed by atoms with E-state index < -0.39 is 6.43 Å². The number of thiophene rings is 1. The summed E-state index contributed by atoms with van der Waals surface area (Å²) in [5.74, 6) is 0. The summed E-state index contributed by atoms with van der Waals surface area (Å²) in [6.07, 6.45) is -2.44. The molecule has 1 aromatic heterocycles. The number of benzene rings is 1. The Kier molecular flexibility index (Phi) is 2.99. The summed E-state index contributed by atoms with van der Waals surface area (Å²) in [6, 6.07) is 3.25. The van der Waals surface area contributed by atoms with Gasteiger partial charge in [0.25, 0.3) is 6.43 Å². The molecule has 14 heavy (non-hydrogen) atoms. The summed E-state index contributed by atoms with van der Waals surface area (Å²) in [6.45, 7) is 0. The van der Waals surface area contributed by atoms with Crippen molar-refractivity contribution in [1.82, 2.24) is 0 Å². The van der Waals surface area contributed by atoms with Crippen LogP contribution in [-0.2, 0) is 0 Å². The van der Waals surface area contributed by atoms with Crippen LogP contribution in [0.4, 0.5) is 8.78 Å². The monoisotopic (exact) mass is 342 g/mol. The Hall–Kier alpha value is 0.120. The molecular formula is C9H5F2IS2. The van der Waals surface area contributed by atoms with Crippen molar-refractivity contribution >= 4 is 56.6 Å². The molecule has 0 aliphatic rings. The van der Waals surface area contributed by atoms with Gasteiger partial charge in [0.1, 0.15) is 0 Å². The zero-order valence-corrected chi connectivity index (χ0v) is 10.7. The molecule has 0 nitrogen and oxygen atoms in total. The van der Waals surface area contributed by atoms with E-state index in [0.717, 1.165) is 8.27 Å². The first kappa shape index (κ1) is 10.6. The molecule has 0 spiro atoms. The minimum atomic E-state index is -2.44. The molecule has 2 rings (SSSR count). The summed E-state index contributed by atoms with van der Waals surface area (Å²) < 4.78 is 27.2. The number of hydrogen-bond acceptors (Lipinski definition) is 2. The SMILES string of the molecule is FC(F)c1cc(S)cc2scc(I)c12. The molecule has 0 unspecified atom stereocenters. The van der Waals surface area contributed by atoms with Crippen molar-refractivity contribution < 1.29 is 8.78 Å². The highest BCUT2D eigenvalue weighted by Gasteiger charge is 2.15. The van der Waals surface area contributed by atoms with Gasteiger partial charge in [0.15, 0.2) is 0 Å². The smallest absolute Gasteiger partial charge is 0.205 e. The molecule has 5 heteroatoms. The van der Waals surface area contributed by atoms with E-state index in [1.165, 1.54) is 17.4 Å². The van der Waals surface area contributed by atoms with Crippen molar-refractivity contribution in [3.8, 4) is 0 Å². The van der Waals surface area contributed by atoms with E-state index in [4.69, 9.17) is 0 Å². The van der Waals surface area contributed by atoms with Crippen LogP contribution in [0.25, 0.3) is 10.1 Å². The molecule has 0 bridgehead atoms. The van der Waals surface area contributed by atoms with Gasteiger partial charge in [0, 0.05) is 29.5 Å². The van der Waals surface area contributed by atoms with Gasteiger partial charge in [0.05, 0.1) is 0 Å². The minimum absolute atomic E-state index is 0.0816. The molecule has 0 aliphatic carbocycles. The van der Waals surface area contributed by atoms with Crippen LogP contribution in [-0.4, -0.2) is 0 Å². The quantitative estimate of drug-likeness (QED) is 0.562. The van der Waals surface area contributed by atoms with E-state index in [-0.39, 0.29) is 5.56 Å². The number of thiol groups is 1. The Labute approximate surface area is 103 Å². The molecule has 74 valence electrons. The van der Waals surface area contributed by atoms with Gasteiger partial charge in [-0.2, -0.15) is 0 Å². The summed E-state index contributed by atoms with van der Waals surface area (Å²) in [7, 11) is 0. The van der Waals surface area contributed by atoms with Gasteiger partial charge in [-0.05, 0) is 34.7 Å². The second kappa shape index (κ2) is 3.94. The fourth-order valence-electron chi connectivity index (χ4n) is 1.32. The lowest BCUT2D eigenvalue weighted by atomic mass is 10.1. The first-order chi connectivity index (χ1) is 6.59. The van der Waals surface area contributed by atoms with Gasteiger partial charge in [-0.15, -0.1) is 24.0 Å². The molecule has 2 aromatic rings. The Balaban J connectivity index is 2.83. The van der Waals surface area contributed by atoms with Gasteiger partial charge < -0.3 is 0 Å². The van der Waals surface area contributed by atoms with Crippen molar-refractivity contribution in [2.75, 3.05) is 0 Å². The maximum Gasteiger partial charge on any atom is 0.264 e. The van der Waals surface area contributed by atoms with Crippen molar-refractivity contribution in [2.24, 2.45) is 0 Å². The minimum Gasteiger partial charge on any atom is -0.205 e. The van der Waals surface area contributed by atoms with E-state index in [9.17, 15) is 8.78 Å². The van der Waals surface area contributed by atoms with E-state index in [0.29, 0.717) is 10.3 Å². The zero-order chi connectivity index (χ0) is 10.3. The average molecular weight is 342 g/mol. The first-order valence-electron chi connectivity index (χ1n) is 3.77. The van der Waals surface area contributed by atoms with Crippen LogP contribution >= 0.6 is 46.6 Å². The van der Waals surface area contributed by atoms with Crippen LogP contribution in [0.5, 0.6) is 0 Å². The maximum absolute atomic E-state index is 12.7. The fourth-order valence-corrected chi connectivity index (χ4v) is 3.73. The third-order valence-electron chi connectivity index (χ3n) is 1.88. The summed E-state index contributed by atoms with van der Waals surface area (Å²) in [5, 5.41) is 2.55. The van der Waals surface area contributed by atoms with E-state index >= 15 is 0 Å². The van der Waals surface area contributed by atoms with E-state index in [1.54, 1.807) is 0 Å². The third-order valence-corrected chi connectivity index (χ3v) is 4.34. The zero-order valence-electron chi connectivity index (χ0n) is 6.80. The molecule has 0 fully saturated rings. The topological polar surface area (TPSA) is 0 Å². The summed E-state index contributed by atoms with van der Waals surface area (Å²) >= 11 is 7.65. The van der Waals surface area contributed by atoms with Gasteiger partial charge in [-0.25, -0.2) is 8.78 Å². The van der Waals surface area contributed by atoms with Crippen LogP contribution in [0.3, 0.4) is 0 Å². The predicted molar refractivity (Wildman–Crippen MR) is 66.8 cm³/mol. The standard InChI is InChI=1S/C9H5F2IS2/c10-9(11)5-1-4(13)2-7-8(5)6(12)3-14-7/h1-3,9,13H. The number of rotatable bonds is 1. The van der Waals surface area contributed by atoms with E-state index in [2.05, 4.69) is 35.2 Å². The average Bonchev–Trinajstić information content (AvgIpc) is 2.46. The molecule has 0 saturated carbocycles. The molecule has 0 aliphatic heterocycles. The molecule has 1 aromatic carbocycles. The van der Waals surface area contributed by atoms with Crippen molar-refractivity contribution in [2.45, 2.75) is 11.3 Å². The van der Waals surface area contributed by atoms with Crippen LogP contribution in [0.1, 0.15) is 12.0 Å². The van der Waals surface area contributed by atoms with E-state index in [1.807, 2.05) is 11.4 Å². The van der Waals surface area contributed by atoms with Crippen molar-refractivity contribution in [1.29, 1.82) is 0 Å². The fraction of sp³-hybridized carbons (Fsp3) is 0.111. The molecule has 0 atom stereocenters. The second-order valence-corrected chi connectivity index (χ2v) is 5.38. The molecular weight excluding hydrogens is 337 g/mol. The highest BCUT2D eigenvalue weighted by molar-refractivity contribution is 14.1. The van der Waals surface area contributed by atoms with Crippen LogP contribution < -0.4 is 0 Å². The lowest BCUT2D eigenvalue weighted by Crippen LogP contribution is -1.86. The van der Waals surface area contributed by atoms with Crippen molar-refractivity contribution in [3.05, 3.63) is 26.6 Å². The predicted octanol–water partition coefficient (Wildman–Crippen LogP) is 4.73. The molecule has 0 radical (unpaired) electrons. The Morgan fingerprint density at radius 3 is 2.71 bits per heavy atom. The van der Waals surface area contributed by atoms with Gasteiger partial charge in [0.2, 0.25) is 0 Å². The van der Waals surface area contributed by atoms with Crippen LogP contribution in [0.2, 0.25) is 0 Å². The maximum atomic E-state index is 12.7. The third kappa shape index (κ3) is 1.77. The highest BCUT2D eigenvalue weighted by atomic mass is 127. The normalized spacial score (nSPS) is 11.5.